The number of hydrogen-bond donors (Lipinski definition) is 0. The van der Waals surface area contributed by atoms with Gasteiger partial charge in [0.1, 0.15) is 5.60 Å². The average Bonchev–Trinajstić information content (AvgIpc) is 3.33. The molecule has 1 aromatic rings. The zero-order valence-electron chi connectivity index (χ0n) is 16.5. The second-order valence-electron chi connectivity index (χ2n) is 9.18. The topological polar surface area (TPSA) is 67.7 Å². The highest BCUT2D eigenvalue weighted by atomic mass is 16.5. The van der Waals surface area contributed by atoms with Crippen molar-refractivity contribution in [3.63, 3.8) is 0 Å². The summed E-state index contributed by atoms with van der Waals surface area (Å²) in [5, 5.41) is 4.17. The molecular formula is C20H28N4O3. The van der Waals surface area contributed by atoms with Crippen LogP contribution in [0.5, 0.6) is 0 Å². The smallest absolute Gasteiger partial charge is 0.230 e. The SMILES string of the molecule is CN(CCn1cccn1)C(=O)[C@@H]1[C@@H]2C=C[C@@]3(CN(CC(C)(C)C)C(=O)[C@H]13)O2. The van der Waals surface area contributed by atoms with E-state index in [4.69, 9.17) is 4.74 Å². The van der Waals surface area contributed by atoms with Crippen molar-refractivity contribution in [3.8, 4) is 0 Å². The van der Waals surface area contributed by atoms with Crippen LogP contribution in [0, 0.1) is 17.3 Å². The van der Waals surface area contributed by atoms with E-state index in [2.05, 4.69) is 25.9 Å². The van der Waals surface area contributed by atoms with E-state index in [0.29, 0.717) is 26.2 Å². The van der Waals surface area contributed by atoms with Crippen molar-refractivity contribution >= 4 is 11.8 Å². The number of ether oxygens (including phenoxy) is 1. The van der Waals surface area contributed by atoms with Crippen molar-refractivity contribution in [2.24, 2.45) is 17.3 Å². The number of carbonyl (C=O) groups excluding carboxylic acids is 2. The van der Waals surface area contributed by atoms with Crippen molar-refractivity contribution < 1.29 is 14.3 Å². The maximum absolute atomic E-state index is 13.2. The zero-order chi connectivity index (χ0) is 19.4. The van der Waals surface area contributed by atoms with Gasteiger partial charge in [-0.15, -0.1) is 0 Å². The van der Waals surface area contributed by atoms with Crippen molar-refractivity contribution in [1.82, 2.24) is 19.6 Å². The van der Waals surface area contributed by atoms with Crippen LogP contribution in [0.1, 0.15) is 20.8 Å². The highest BCUT2D eigenvalue weighted by Gasteiger charge is 2.67. The number of likely N-dealkylation sites (N-methyl/N-ethyl adjacent to an activating group) is 1. The third-order valence-corrected chi connectivity index (χ3v) is 5.73. The molecule has 146 valence electrons. The molecule has 2 fully saturated rings. The van der Waals surface area contributed by atoms with Crippen molar-refractivity contribution in [3.05, 3.63) is 30.6 Å². The number of nitrogens with zero attached hydrogens (tertiary/aromatic N) is 4. The molecule has 0 aliphatic carbocycles. The molecule has 2 bridgehead atoms. The van der Waals surface area contributed by atoms with Gasteiger partial charge in [0.25, 0.3) is 0 Å². The summed E-state index contributed by atoms with van der Waals surface area (Å²) < 4.78 is 7.99. The summed E-state index contributed by atoms with van der Waals surface area (Å²) in [6.45, 7) is 8.74. The first-order valence-corrected chi connectivity index (χ1v) is 9.59. The maximum Gasteiger partial charge on any atom is 0.230 e. The van der Waals surface area contributed by atoms with Gasteiger partial charge in [-0.2, -0.15) is 5.10 Å². The first-order chi connectivity index (χ1) is 12.7. The van der Waals surface area contributed by atoms with Gasteiger partial charge in [0.15, 0.2) is 0 Å². The van der Waals surface area contributed by atoms with Crippen LogP contribution in [0.2, 0.25) is 0 Å². The Hall–Kier alpha value is -2.15. The van der Waals surface area contributed by atoms with Gasteiger partial charge in [-0.1, -0.05) is 32.9 Å². The molecule has 4 rings (SSSR count). The summed E-state index contributed by atoms with van der Waals surface area (Å²) >= 11 is 0. The average molecular weight is 372 g/mol. The van der Waals surface area contributed by atoms with Gasteiger partial charge < -0.3 is 14.5 Å². The van der Waals surface area contributed by atoms with Gasteiger partial charge in [-0.05, 0) is 11.5 Å². The summed E-state index contributed by atoms with van der Waals surface area (Å²) in [4.78, 5) is 29.9. The molecule has 4 heterocycles. The van der Waals surface area contributed by atoms with Crippen molar-refractivity contribution in [2.75, 3.05) is 26.7 Å². The molecular weight excluding hydrogens is 344 g/mol. The Morgan fingerprint density at radius 2 is 2.22 bits per heavy atom. The Bertz CT molecular complexity index is 767. The van der Waals surface area contributed by atoms with Gasteiger partial charge in [-0.3, -0.25) is 14.3 Å². The minimum absolute atomic E-state index is 0.00666. The largest absolute Gasteiger partial charge is 0.360 e. The molecule has 2 saturated heterocycles. The Balaban J connectivity index is 1.49. The van der Waals surface area contributed by atoms with E-state index in [-0.39, 0.29) is 23.3 Å². The highest BCUT2D eigenvalue weighted by Crippen LogP contribution is 2.52. The molecule has 7 heteroatoms. The van der Waals surface area contributed by atoms with Crippen LogP contribution in [0.3, 0.4) is 0 Å². The van der Waals surface area contributed by atoms with Crippen molar-refractivity contribution in [1.29, 1.82) is 0 Å². The van der Waals surface area contributed by atoms with Crippen LogP contribution in [0.15, 0.2) is 30.6 Å². The van der Waals surface area contributed by atoms with E-state index in [9.17, 15) is 9.59 Å². The van der Waals surface area contributed by atoms with Gasteiger partial charge in [0.2, 0.25) is 11.8 Å². The number of fused-ring (bicyclic) bond motifs is 1. The number of carbonyl (C=O) groups is 2. The van der Waals surface area contributed by atoms with Crippen LogP contribution in [-0.2, 0) is 20.9 Å². The summed E-state index contributed by atoms with van der Waals surface area (Å²) in [5.74, 6) is -0.811. The summed E-state index contributed by atoms with van der Waals surface area (Å²) in [5.41, 5.74) is -0.622. The first kappa shape index (κ1) is 18.2. The Labute approximate surface area is 159 Å². The van der Waals surface area contributed by atoms with Crippen molar-refractivity contribution in [2.45, 2.75) is 39.0 Å². The molecule has 2 amide bonds. The molecule has 0 N–H and O–H groups in total. The van der Waals surface area contributed by atoms with Gasteiger partial charge >= 0.3 is 0 Å². The lowest BCUT2D eigenvalue weighted by Gasteiger charge is -2.29. The number of rotatable bonds is 5. The second-order valence-corrected chi connectivity index (χ2v) is 9.18. The fraction of sp³-hybridized carbons (Fsp3) is 0.650. The minimum atomic E-state index is -0.629. The third kappa shape index (κ3) is 3.08. The summed E-state index contributed by atoms with van der Waals surface area (Å²) in [6.07, 6.45) is 7.28. The lowest BCUT2D eigenvalue weighted by molar-refractivity contribution is -0.142. The summed E-state index contributed by atoms with van der Waals surface area (Å²) in [7, 11) is 1.79. The van der Waals surface area contributed by atoms with E-state index in [1.807, 2.05) is 29.3 Å². The molecule has 27 heavy (non-hydrogen) atoms. The molecule has 1 spiro atoms. The normalized spacial score (nSPS) is 31.6. The first-order valence-electron chi connectivity index (χ1n) is 9.59. The number of hydrogen-bond acceptors (Lipinski definition) is 4. The number of likely N-dealkylation sites (tertiary alicyclic amines) is 1. The van der Waals surface area contributed by atoms with E-state index in [1.165, 1.54) is 0 Å². The minimum Gasteiger partial charge on any atom is -0.360 e. The molecule has 0 saturated carbocycles. The maximum atomic E-state index is 13.2. The zero-order valence-corrected chi connectivity index (χ0v) is 16.5. The quantitative estimate of drug-likeness (QED) is 0.728. The highest BCUT2D eigenvalue weighted by molar-refractivity contribution is 5.93. The summed E-state index contributed by atoms with van der Waals surface area (Å²) in [6, 6.07) is 1.86. The molecule has 3 aliphatic heterocycles. The van der Waals surface area contributed by atoms with Crippen LogP contribution in [0.4, 0.5) is 0 Å². The number of aromatic nitrogens is 2. The van der Waals surface area contributed by atoms with Crippen LogP contribution in [0.25, 0.3) is 0 Å². The molecule has 7 nitrogen and oxygen atoms in total. The third-order valence-electron chi connectivity index (χ3n) is 5.73. The van der Waals surface area contributed by atoms with E-state index >= 15 is 0 Å². The molecule has 1 aromatic heterocycles. The van der Waals surface area contributed by atoms with E-state index in [1.54, 1.807) is 22.8 Å². The van der Waals surface area contributed by atoms with Crippen LogP contribution >= 0.6 is 0 Å². The van der Waals surface area contributed by atoms with Crippen LogP contribution < -0.4 is 0 Å². The second kappa shape index (κ2) is 6.19. The molecule has 0 radical (unpaired) electrons. The monoisotopic (exact) mass is 372 g/mol. The molecule has 0 aromatic carbocycles. The van der Waals surface area contributed by atoms with E-state index < -0.39 is 17.4 Å². The predicted octanol–water partition coefficient (Wildman–Crippen LogP) is 1.17. The van der Waals surface area contributed by atoms with E-state index in [0.717, 1.165) is 0 Å². The molecule has 3 aliphatic rings. The standard InChI is InChI=1S/C20H28N4O3/c1-19(2,3)12-23-13-20-7-6-14(27-20)15(16(20)18(23)26)17(25)22(4)10-11-24-9-5-8-21-24/h5-9,14-16H,10-13H2,1-4H3/t14-,15+,16-,20-/m0/s1. The van der Waals surface area contributed by atoms with Crippen LogP contribution in [-0.4, -0.2) is 69.8 Å². The molecule has 0 unspecified atom stereocenters. The Morgan fingerprint density at radius 1 is 1.44 bits per heavy atom. The molecule has 4 atom stereocenters. The fourth-order valence-electron chi connectivity index (χ4n) is 4.62. The predicted molar refractivity (Wildman–Crippen MR) is 99.6 cm³/mol. The lowest BCUT2D eigenvalue weighted by atomic mass is 9.76. The van der Waals surface area contributed by atoms with Gasteiger partial charge in [0, 0.05) is 32.5 Å². The fourth-order valence-corrected chi connectivity index (χ4v) is 4.62. The van der Waals surface area contributed by atoms with Gasteiger partial charge in [0.05, 0.1) is 31.0 Å². The Morgan fingerprint density at radius 3 is 2.89 bits per heavy atom. The lowest BCUT2D eigenvalue weighted by Crippen LogP contribution is -2.45. The number of amides is 2. The Kier molecular flexibility index (Phi) is 4.18. The van der Waals surface area contributed by atoms with Gasteiger partial charge in [-0.25, -0.2) is 0 Å².